The standard InChI is InChI=1S/C15H21NO3/c1-12(2)11-19-8-7-16-10-14-5-3-13(4-6-14)9-15(17)18/h3-6,16H,1,7-11H2,2H3,(H,17,18). The first-order valence-corrected chi connectivity index (χ1v) is 6.30. The van der Waals surface area contributed by atoms with Gasteiger partial charge in [0.1, 0.15) is 0 Å². The Balaban J connectivity index is 2.19. The van der Waals surface area contributed by atoms with E-state index in [0.717, 1.165) is 29.8 Å². The average Bonchev–Trinajstić information content (AvgIpc) is 2.34. The third-order valence-corrected chi connectivity index (χ3v) is 2.48. The number of carbonyl (C=O) groups is 1. The SMILES string of the molecule is C=C(C)COCCNCc1ccc(CC(=O)O)cc1. The Morgan fingerprint density at radius 1 is 1.32 bits per heavy atom. The Labute approximate surface area is 114 Å². The van der Waals surface area contributed by atoms with Gasteiger partial charge < -0.3 is 15.2 Å². The summed E-state index contributed by atoms with van der Waals surface area (Å²) < 4.78 is 5.37. The molecule has 0 aliphatic heterocycles. The number of hydrogen-bond acceptors (Lipinski definition) is 3. The molecule has 4 nitrogen and oxygen atoms in total. The van der Waals surface area contributed by atoms with Crippen LogP contribution in [0.25, 0.3) is 0 Å². The van der Waals surface area contributed by atoms with E-state index in [9.17, 15) is 4.79 Å². The summed E-state index contributed by atoms with van der Waals surface area (Å²) in [6.07, 6.45) is 0.0719. The molecule has 0 fully saturated rings. The van der Waals surface area contributed by atoms with Crippen LogP contribution in [-0.2, 0) is 22.5 Å². The van der Waals surface area contributed by atoms with E-state index in [1.165, 1.54) is 0 Å². The average molecular weight is 263 g/mol. The highest BCUT2D eigenvalue weighted by molar-refractivity contribution is 5.70. The second kappa shape index (κ2) is 8.45. The number of carboxylic acid groups (broad SMARTS) is 1. The lowest BCUT2D eigenvalue weighted by atomic mass is 10.1. The molecule has 0 aromatic heterocycles. The second-order valence-corrected chi connectivity index (χ2v) is 4.57. The van der Waals surface area contributed by atoms with Crippen molar-refractivity contribution in [2.24, 2.45) is 0 Å². The molecule has 0 aliphatic carbocycles. The van der Waals surface area contributed by atoms with Crippen molar-refractivity contribution in [3.8, 4) is 0 Å². The van der Waals surface area contributed by atoms with Gasteiger partial charge >= 0.3 is 5.97 Å². The number of benzene rings is 1. The van der Waals surface area contributed by atoms with Gasteiger partial charge in [-0.1, -0.05) is 36.4 Å². The zero-order valence-electron chi connectivity index (χ0n) is 11.3. The molecule has 0 saturated carbocycles. The summed E-state index contributed by atoms with van der Waals surface area (Å²) in [6.45, 7) is 8.49. The molecule has 0 spiro atoms. The van der Waals surface area contributed by atoms with Crippen LogP contribution in [0.1, 0.15) is 18.1 Å². The number of nitrogens with one attached hydrogen (secondary N) is 1. The van der Waals surface area contributed by atoms with E-state index in [2.05, 4.69) is 11.9 Å². The fourth-order valence-electron chi connectivity index (χ4n) is 1.57. The van der Waals surface area contributed by atoms with Gasteiger partial charge in [-0.3, -0.25) is 4.79 Å². The van der Waals surface area contributed by atoms with Crippen LogP contribution < -0.4 is 5.32 Å². The molecule has 0 atom stereocenters. The largest absolute Gasteiger partial charge is 0.481 e. The highest BCUT2D eigenvalue weighted by atomic mass is 16.5. The van der Waals surface area contributed by atoms with E-state index in [0.29, 0.717) is 13.2 Å². The van der Waals surface area contributed by atoms with Crippen molar-refractivity contribution in [3.63, 3.8) is 0 Å². The van der Waals surface area contributed by atoms with Gasteiger partial charge in [-0.25, -0.2) is 0 Å². The zero-order chi connectivity index (χ0) is 14.1. The topological polar surface area (TPSA) is 58.6 Å². The summed E-state index contributed by atoms with van der Waals surface area (Å²) in [6, 6.07) is 7.59. The van der Waals surface area contributed by atoms with Gasteiger partial charge in [0, 0.05) is 13.1 Å². The summed E-state index contributed by atoms with van der Waals surface area (Å²) in [5.74, 6) is -0.805. The van der Waals surface area contributed by atoms with E-state index >= 15 is 0 Å². The summed E-state index contributed by atoms with van der Waals surface area (Å²) in [4.78, 5) is 10.5. The minimum atomic E-state index is -0.805. The van der Waals surface area contributed by atoms with Crippen molar-refractivity contribution in [2.45, 2.75) is 19.9 Å². The fourth-order valence-corrected chi connectivity index (χ4v) is 1.57. The Kier molecular flexibility index (Phi) is 6.85. The second-order valence-electron chi connectivity index (χ2n) is 4.57. The van der Waals surface area contributed by atoms with Gasteiger partial charge in [0.15, 0.2) is 0 Å². The number of carboxylic acids is 1. The van der Waals surface area contributed by atoms with Crippen molar-refractivity contribution in [1.29, 1.82) is 0 Å². The molecule has 0 heterocycles. The van der Waals surface area contributed by atoms with Crippen LogP contribution in [0.15, 0.2) is 36.4 Å². The Morgan fingerprint density at radius 3 is 2.53 bits per heavy atom. The number of aliphatic carboxylic acids is 1. The van der Waals surface area contributed by atoms with Crippen LogP contribution in [0.5, 0.6) is 0 Å². The van der Waals surface area contributed by atoms with E-state index in [4.69, 9.17) is 9.84 Å². The molecule has 0 saturated heterocycles. The summed E-state index contributed by atoms with van der Waals surface area (Å²) >= 11 is 0. The summed E-state index contributed by atoms with van der Waals surface area (Å²) in [7, 11) is 0. The molecular formula is C15H21NO3. The monoisotopic (exact) mass is 263 g/mol. The minimum absolute atomic E-state index is 0.0719. The van der Waals surface area contributed by atoms with E-state index < -0.39 is 5.97 Å². The predicted molar refractivity (Wildman–Crippen MR) is 75.1 cm³/mol. The quantitative estimate of drug-likeness (QED) is 0.528. The van der Waals surface area contributed by atoms with Crippen LogP contribution >= 0.6 is 0 Å². The smallest absolute Gasteiger partial charge is 0.307 e. The van der Waals surface area contributed by atoms with Gasteiger partial charge in [0.05, 0.1) is 19.6 Å². The highest BCUT2D eigenvalue weighted by Crippen LogP contribution is 2.05. The van der Waals surface area contributed by atoms with Crippen molar-refractivity contribution in [1.82, 2.24) is 5.32 Å². The van der Waals surface area contributed by atoms with Crippen LogP contribution in [0.3, 0.4) is 0 Å². The molecule has 0 aliphatic rings. The lowest BCUT2D eigenvalue weighted by molar-refractivity contribution is -0.136. The molecule has 1 aromatic rings. The van der Waals surface area contributed by atoms with Crippen LogP contribution in [-0.4, -0.2) is 30.8 Å². The maximum atomic E-state index is 10.5. The van der Waals surface area contributed by atoms with Gasteiger partial charge in [0.2, 0.25) is 0 Å². The summed E-state index contributed by atoms with van der Waals surface area (Å²) in [5, 5.41) is 11.9. The first-order valence-electron chi connectivity index (χ1n) is 6.30. The molecule has 4 heteroatoms. The predicted octanol–water partition coefficient (Wildman–Crippen LogP) is 2.00. The molecule has 1 rings (SSSR count). The highest BCUT2D eigenvalue weighted by Gasteiger charge is 2.00. The molecule has 0 amide bonds. The van der Waals surface area contributed by atoms with Crippen molar-refractivity contribution < 1.29 is 14.6 Å². The normalized spacial score (nSPS) is 10.4. The van der Waals surface area contributed by atoms with Crippen LogP contribution in [0.4, 0.5) is 0 Å². The Bertz CT molecular complexity index is 412. The maximum Gasteiger partial charge on any atom is 0.307 e. The molecule has 0 unspecified atom stereocenters. The third-order valence-electron chi connectivity index (χ3n) is 2.48. The fraction of sp³-hybridized carbons (Fsp3) is 0.400. The molecule has 19 heavy (non-hydrogen) atoms. The lowest BCUT2D eigenvalue weighted by Gasteiger charge is -2.07. The first-order chi connectivity index (χ1) is 9.08. The summed E-state index contributed by atoms with van der Waals surface area (Å²) in [5.41, 5.74) is 2.98. The third kappa shape index (κ3) is 7.39. The molecule has 0 bridgehead atoms. The maximum absolute atomic E-state index is 10.5. The molecule has 104 valence electrons. The van der Waals surface area contributed by atoms with Gasteiger partial charge in [-0.2, -0.15) is 0 Å². The van der Waals surface area contributed by atoms with E-state index in [1.54, 1.807) is 0 Å². The molecule has 0 radical (unpaired) electrons. The van der Waals surface area contributed by atoms with Gasteiger partial charge in [0.25, 0.3) is 0 Å². The van der Waals surface area contributed by atoms with Crippen molar-refractivity contribution in [2.75, 3.05) is 19.8 Å². The number of rotatable bonds is 9. The Hall–Kier alpha value is -1.65. The van der Waals surface area contributed by atoms with Crippen LogP contribution in [0.2, 0.25) is 0 Å². The molecule has 2 N–H and O–H groups in total. The van der Waals surface area contributed by atoms with Gasteiger partial charge in [-0.05, 0) is 18.1 Å². The van der Waals surface area contributed by atoms with Crippen molar-refractivity contribution >= 4 is 5.97 Å². The first kappa shape index (κ1) is 15.4. The van der Waals surface area contributed by atoms with Gasteiger partial charge in [-0.15, -0.1) is 0 Å². The van der Waals surface area contributed by atoms with E-state index in [-0.39, 0.29) is 6.42 Å². The zero-order valence-corrected chi connectivity index (χ0v) is 11.3. The van der Waals surface area contributed by atoms with Crippen LogP contribution in [0, 0.1) is 0 Å². The molecule has 1 aromatic carbocycles. The number of hydrogen-bond donors (Lipinski definition) is 2. The minimum Gasteiger partial charge on any atom is -0.481 e. The molecular weight excluding hydrogens is 242 g/mol. The van der Waals surface area contributed by atoms with E-state index in [1.807, 2.05) is 31.2 Å². The lowest BCUT2D eigenvalue weighted by Crippen LogP contribution is -2.19. The van der Waals surface area contributed by atoms with Crippen molar-refractivity contribution in [3.05, 3.63) is 47.5 Å². The number of ether oxygens (including phenoxy) is 1. The Morgan fingerprint density at radius 2 is 1.95 bits per heavy atom.